The maximum absolute atomic E-state index is 4.84. The second kappa shape index (κ2) is 6.20. The van der Waals surface area contributed by atoms with Crippen LogP contribution >= 0.6 is 11.3 Å². The molecule has 126 valence electrons. The lowest BCUT2D eigenvalue weighted by Crippen LogP contribution is -2.30. The highest BCUT2D eigenvalue weighted by Gasteiger charge is 2.18. The highest BCUT2D eigenvalue weighted by molar-refractivity contribution is 7.19. The van der Waals surface area contributed by atoms with E-state index in [0.717, 1.165) is 41.0 Å². The third kappa shape index (κ3) is 2.71. The molecule has 0 radical (unpaired) electrons. The van der Waals surface area contributed by atoms with Crippen molar-refractivity contribution in [3.63, 3.8) is 0 Å². The Kier molecular flexibility index (Phi) is 3.72. The van der Waals surface area contributed by atoms with E-state index in [1.54, 1.807) is 11.3 Å². The van der Waals surface area contributed by atoms with Crippen LogP contribution in [-0.4, -0.2) is 37.8 Å². The lowest BCUT2D eigenvalue weighted by Gasteiger charge is -2.25. The minimum absolute atomic E-state index is 0.833. The topological polar surface area (TPSA) is 46.3 Å². The number of benzene rings is 2. The Morgan fingerprint density at radius 3 is 2.68 bits per heavy atom. The van der Waals surface area contributed by atoms with Crippen LogP contribution in [0.15, 0.2) is 42.5 Å². The lowest BCUT2D eigenvalue weighted by atomic mass is 10.1. The molecule has 0 amide bonds. The van der Waals surface area contributed by atoms with Gasteiger partial charge >= 0.3 is 0 Å². The zero-order valence-electron chi connectivity index (χ0n) is 13.9. The predicted octanol–water partition coefficient (Wildman–Crippen LogP) is 3.99. The molecule has 0 aliphatic carbocycles. The first-order valence-electron chi connectivity index (χ1n) is 8.80. The fraction of sp³-hybridized carbons (Fsp3) is 0.316. The third-order valence-corrected chi connectivity index (χ3v) is 5.82. The molecule has 4 aromatic rings. The van der Waals surface area contributed by atoms with Crippen molar-refractivity contribution in [3.8, 4) is 10.6 Å². The molecule has 5 nitrogen and oxygen atoms in total. The number of aromatic nitrogens is 4. The van der Waals surface area contributed by atoms with Gasteiger partial charge in [0.25, 0.3) is 0 Å². The second-order valence-electron chi connectivity index (χ2n) is 6.58. The summed E-state index contributed by atoms with van der Waals surface area (Å²) in [6.45, 7) is 3.13. The summed E-state index contributed by atoms with van der Waals surface area (Å²) in [4.78, 5) is 3.33. The first-order valence-corrected chi connectivity index (χ1v) is 9.62. The summed E-state index contributed by atoms with van der Waals surface area (Å²) in [5.74, 6) is 0.944. The molecule has 3 heterocycles. The molecule has 0 unspecified atom stereocenters. The van der Waals surface area contributed by atoms with Gasteiger partial charge in [-0.25, -0.2) is 0 Å². The van der Waals surface area contributed by atoms with Gasteiger partial charge in [-0.3, -0.25) is 4.90 Å². The molecular weight excluding hydrogens is 330 g/mol. The summed E-state index contributed by atoms with van der Waals surface area (Å²) < 4.78 is 1.93. The zero-order chi connectivity index (χ0) is 16.6. The Morgan fingerprint density at radius 1 is 0.920 bits per heavy atom. The number of hydrogen-bond acceptors (Lipinski definition) is 5. The molecule has 1 fully saturated rings. The van der Waals surface area contributed by atoms with Gasteiger partial charge in [-0.05, 0) is 36.7 Å². The van der Waals surface area contributed by atoms with Crippen molar-refractivity contribution in [1.29, 1.82) is 0 Å². The van der Waals surface area contributed by atoms with Crippen LogP contribution in [-0.2, 0) is 6.54 Å². The minimum Gasteiger partial charge on any atom is -0.296 e. The maximum Gasteiger partial charge on any atom is 0.235 e. The predicted molar refractivity (Wildman–Crippen MR) is 101 cm³/mol. The molecule has 0 atom stereocenters. The SMILES string of the molecule is c1ccc2c(-c3nn4c(CN5CCCCC5)nnc4s3)cccc2c1. The Labute approximate surface area is 149 Å². The molecule has 0 saturated carbocycles. The Balaban J connectivity index is 1.54. The smallest absolute Gasteiger partial charge is 0.235 e. The van der Waals surface area contributed by atoms with Crippen LogP contribution in [0.4, 0.5) is 0 Å². The van der Waals surface area contributed by atoms with E-state index in [1.165, 1.54) is 30.0 Å². The molecule has 6 heteroatoms. The molecule has 0 bridgehead atoms. The van der Waals surface area contributed by atoms with Gasteiger partial charge in [-0.15, -0.1) is 10.2 Å². The standard InChI is InChI=1S/C19H19N5S/c1-4-11-23(12-5-1)13-17-20-21-19-24(17)22-18(25-19)16-10-6-8-14-7-2-3-9-15(14)16/h2-3,6-10H,1,4-5,11-13H2. The normalized spacial score (nSPS) is 16.0. The van der Waals surface area contributed by atoms with Crippen molar-refractivity contribution in [2.24, 2.45) is 0 Å². The summed E-state index contributed by atoms with van der Waals surface area (Å²) in [7, 11) is 0. The van der Waals surface area contributed by atoms with E-state index in [9.17, 15) is 0 Å². The van der Waals surface area contributed by atoms with Crippen LogP contribution in [0.2, 0.25) is 0 Å². The van der Waals surface area contributed by atoms with Crippen LogP contribution in [0, 0.1) is 0 Å². The number of nitrogens with zero attached hydrogens (tertiary/aromatic N) is 5. The summed E-state index contributed by atoms with van der Waals surface area (Å²) in [6.07, 6.45) is 3.90. The van der Waals surface area contributed by atoms with Gasteiger partial charge in [0, 0.05) is 5.56 Å². The van der Waals surface area contributed by atoms with E-state index in [4.69, 9.17) is 5.10 Å². The number of hydrogen-bond donors (Lipinski definition) is 0. The molecule has 0 N–H and O–H groups in total. The van der Waals surface area contributed by atoms with Gasteiger partial charge in [-0.2, -0.15) is 9.61 Å². The Morgan fingerprint density at radius 2 is 1.76 bits per heavy atom. The molecule has 2 aromatic carbocycles. The highest BCUT2D eigenvalue weighted by atomic mass is 32.1. The van der Waals surface area contributed by atoms with E-state index >= 15 is 0 Å². The maximum atomic E-state index is 4.84. The Hall–Kier alpha value is -2.31. The van der Waals surface area contributed by atoms with Crippen LogP contribution in [0.3, 0.4) is 0 Å². The van der Waals surface area contributed by atoms with E-state index in [1.807, 2.05) is 4.52 Å². The van der Waals surface area contributed by atoms with Gasteiger partial charge in [0.15, 0.2) is 5.82 Å². The fourth-order valence-electron chi connectivity index (χ4n) is 3.59. The summed E-state index contributed by atoms with van der Waals surface area (Å²) in [6, 6.07) is 14.8. The van der Waals surface area contributed by atoms with Crippen molar-refractivity contribution < 1.29 is 0 Å². The average molecular weight is 349 g/mol. The first-order chi connectivity index (χ1) is 12.4. The highest BCUT2D eigenvalue weighted by Crippen LogP contribution is 2.31. The van der Waals surface area contributed by atoms with Gasteiger partial charge < -0.3 is 0 Å². The lowest BCUT2D eigenvalue weighted by molar-refractivity contribution is 0.214. The molecule has 1 saturated heterocycles. The monoisotopic (exact) mass is 349 g/mol. The van der Waals surface area contributed by atoms with Gasteiger partial charge in [0.2, 0.25) is 4.96 Å². The van der Waals surface area contributed by atoms with Gasteiger partial charge in [0.05, 0.1) is 6.54 Å². The van der Waals surface area contributed by atoms with E-state index in [2.05, 4.69) is 57.6 Å². The third-order valence-electron chi connectivity index (χ3n) is 4.89. The van der Waals surface area contributed by atoms with Crippen LogP contribution in [0.25, 0.3) is 26.3 Å². The Bertz CT molecular complexity index is 1020. The van der Waals surface area contributed by atoms with Gasteiger partial charge in [-0.1, -0.05) is 60.2 Å². The summed E-state index contributed by atoms with van der Waals surface area (Å²) in [5.41, 5.74) is 1.16. The number of likely N-dealkylation sites (tertiary alicyclic amines) is 1. The molecular formula is C19H19N5S. The number of piperidine rings is 1. The minimum atomic E-state index is 0.833. The second-order valence-corrected chi connectivity index (χ2v) is 7.54. The van der Waals surface area contributed by atoms with Crippen LogP contribution in [0.5, 0.6) is 0 Å². The van der Waals surface area contributed by atoms with Crippen molar-refractivity contribution >= 4 is 27.1 Å². The largest absolute Gasteiger partial charge is 0.296 e. The first kappa shape index (κ1) is 15.0. The average Bonchev–Trinajstić information content (AvgIpc) is 3.24. The quantitative estimate of drug-likeness (QED) is 0.561. The molecule has 0 spiro atoms. The van der Waals surface area contributed by atoms with E-state index in [0.29, 0.717) is 0 Å². The molecule has 1 aliphatic heterocycles. The summed E-state index contributed by atoms with van der Waals surface area (Å²) in [5, 5.41) is 17.0. The summed E-state index contributed by atoms with van der Waals surface area (Å²) >= 11 is 1.61. The zero-order valence-corrected chi connectivity index (χ0v) is 14.7. The van der Waals surface area contributed by atoms with Crippen molar-refractivity contribution in [2.45, 2.75) is 25.8 Å². The molecule has 25 heavy (non-hydrogen) atoms. The molecule has 5 rings (SSSR count). The number of rotatable bonds is 3. The van der Waals surface area contributed by atoms with E-state index in [-0.39, 0.29) is 0 Å². The molecule has 2 aromatic heterocycles. The van der Waals surface area contributed by atoms with Crippen LogP contribution in [0.1, 0.15) is 25.1 Å². The molecule has 1 aliphatic rings. The van der Waals surface area contributed by atoms with Crippen molar-refractivity contribution in [2.75, 3.05) is 13.1 Å². The number of fused-ring (bicyclic) bond motifs is 2. The fourth-order valence-corrected chi connectivity index (χ4v) is 4.49. The van der Waals surface area contributed by atoms with Crippen molar-refractivity contribution in [3.05, 3.63) is 48.3 Å². The van der Waals surface area contributed by atoms with Gasteiger partial charge in [0.1, 0.15) is 5.01 Å². The van der Waals surface area contributed by atoms with Crippen molar-refractivity contribution in [1.82, 2.24) is 24.7 Å². The van der Waals surface area contributed by atoms with E-state index < -0.39 is 0 Å². The van der Waals surface area contributed by atoms with Crippen LogP contribution < -0.4 is 0 Å².